The minimum absolute atomic E-state index is 0.584. The molecular formula is C14H18N4S. The summed E-state index contributed by atoms with van der Waals surface area (Å²) in [6.45, 7) is 3.19. The van der Waals surface area contributed by atoms with Crippen molar-refractivity contribution in [2.75, 3.05) is 24.7 Å². The number of thioether (sulfide) groups is 1. The smallest absolute Gasteiger partial charge is 0.130 e. The van der Waals surface area contributed by atoms with Gasteiger partial charge in [-0.1, -0.05) is 12.1 Å². The SMILES string of the molecule is CSc1ccc(-c2cc(NCCN)nc(C)n2)cc1. The van der Waals surface area contributed by atoms with Crippen molar-refractivity contribution in [1.82, 2.24) is 9.97 Å². The Balaban J connectivity index is 2.29. The van der Waals surface area contributed by atoms with Crippen LogP contribution in [0.15, 0.2) is 35.2 Å². The zero-order valence-corrected chi connectivity index (χ0v) is 12.0. The highest BCUT2D eigenvalue weighted by molar-refractivity contribution is 7.98. The number of aryl methyl sites for hydroxylation is 1. The van der Waals surface area contributed by atoms with Crippen LogP contribution in [0.5, 0.6) is 0 Å². The Kier molecular flexibility index (Phi) is 4.76. The van der Waals surface area contributed by atoms with E-state index in [-0.39, 0.29) is 0 Å². The van der Waals surface area contributed by atoms with Crippen LogP contribution in [-0.2, 0) is 0 Å². The van der Waals surface area contributed by atoms with Crippen LogP contribution in [-0.4, -0.2) is 29.3 Å². The molecule has 0 saturated heterocycles. The molecular weight excluding hydrogens is 256 g/mol. The molecule has 4 nitrogen and oxygen atoms in total. The van der Waals surface area contributed by atoms with Gasteiger partial charge in [0.05, 0.1) is 5.69 Å². The molecule has 0 unspecified atom stereocenters. The maximum absolute atomic E-state index is 5.49. The van der Waals surface area contributed by atoms with Crippen LogP contribution >= 0.6 is 11.8 Å². The van der Waals surface area contributed by atoms with E-state index < -0.39 is 0 Å². The monoisotopic (exact) mass is 274 g/mol. The van der Waals surface area contributed by atoms with Gasteiger partial charge in [0.25, 0.3) is 0 Å². The number of hydrogen-bond acceptors (Lipinski definition) is 5. The molecule has 0 aliphatic heterocycles. The summed E-state index contributed by atoms with van der Waals surface area (Å²) in [4.78, 5) is 10.1. The Morgan fingerprint density at radius 1 is 1.21 bits per heavy atom. The van der Waals surface area contributed by atoms with Crippen LogP contribution in [0.1, 0.15) is 5.82 Å². The molecule has 0 saturated carbocycles. The molecule has 0 aliphatic carbocycles. The molecule has 2 rings (SSSR count). The van der Waals surface area contributed by atoms with Crippen LogP contribution < -0.4 is 11.1 Å². The van der Waals surface area contributed by atoms with Gasteiger partial charge >= 0.3 is 0 Å². The Morgan fingerprint density at radius 2 is 1.95 bits per heavy atom. The van der Waals surface area contributed by atoms with Crippen molar-refractivity contribution in [2.24, 2.45) is 5.73 Å². The zero-order chi connectivity index (χ0) is 13.7. The van der Waals surface area contributed by atoms with E-state index in [1.54, 1.807) is 11.8 Å². The molecule has 100 valence electrons. The Labute approximate surface area is 117 Å². The number of hydrogen-bond donors (Lipinski definition) is 2. The first-order chi connectivity index (χ1) is 9.22. The summed E-state index contributed by atoms with van der Waals surface area (Å²) in [7, 11) is 0. The molecule has 1 aromatic heterocycles. The van der Waals surface area contributed by atoms with Crippen molar-refractivity contribution in [2.45, 2.75) is 11.8 Å². The van der Waals surface area contributed by atoms with E-state index in [0.717, 1.165) is 22.9 Å². The fraction of sp³-hybridized carbons (Fsp3) is 0.286. The molecule has 0 spiro atoms. The summed E-state index contributed by atoms with van der Waals surface area (Å²) < 4.78 is 0. The maximum atomic E-state index is 5.49. The molecule has 1 aromatic carbocycles. The topological polar surface area (TPSA) is 63.8 Å². The van der Waals surface area contributed by atoms with Gasteiger partial charge in [-0.2, -0.15) is 0 Å². The van der Waals surface area contributed by atoms with Crippen molar-refractivity contribution in [1.29, 1.82) is 0 Å². The Morgan fingerprint density at radius 3 is 2.58 bits per heavy atom. The second kappa shape index (κ2) is 6.54. The number of benzene rings is 1. The van der Waals surface area contributed by atoms with Crippen LogP contribution in [0.25, 0.3) is 11.3 Å². The van der Waals surface area contributed by atoms with E-state index in [1.165, 1.54) is 4.90 Å². The largest absolute Gasteiger partial charge is 0.369 e. The summed E-state index contributed by atoms with van der Waals surface area (Å²) in [5.74, 6) is 1.58. The Hall–Kier alpha value is -1.59. The highest BCUT2D eigenvalue weighted by Crippen LogP contribution is 2.23. The maximum Gasteiger partial charge on any atom is 0.130 e. The van der Waals surface area contributed by atoms with Gasteiger partial charge in [-0.3, -0.25) is 0 Å². The second-order valence-electron chi connectivity index (χ2n) is 4.13. The number of rotatable bonds is 5. The number of nitrogens with one attached hydrogen (secondary N) is 1. The van der Waals surface area contributed by atoms with E-state index in [0.29, 0.717) is 13.1 Å². The molecule has 2 aromatic rings. The van der Waals surface area contributed by atoms with E-state index in [1.807, 2.05) is 13.0 Å². The van der Waals surface area contributed by atoms with Crippen LogP contribution in [0, 0.1) is 6.92 Å². The predicted molar refractivity (Wildman–Crippen MR) is 81.5 cm³/mol. The molecule has 3 N–H and O–H groups in total. The molecule has 0 aliphatic rings. The van der Waals surface area contributed by atoms with Crippen molar-refractivity contribution in [3.8, 4) is 11.3 Å². The number of nitrogens with zero attached hydrogens (tertiary/aromatic N) is 2. The summed E-state index contributed by atoms with van der Waals surface area (Å²) in [6, 6.07) is 10.3. The summed E-state index contributed by atoms with van der Waals surface area (Å²) in [5.41, 5.74) is 7.51. The Bertz CT molecular complexity index is 540. The van der Waals surface area contributed by atoms with Crippen LogP contribution in [0.4, 0.5) is 5.82 Å². The molecule has 0 amide bonds. The van der Waals surface area contributed by atoms with E-state index in [2.05, 4.69) is 45.8 Å². The third kappa shape index (κ3) is 3.68. The van der Waals surface area contributed by atoms with Gasteiger partial charge in [-0.25, -0.2) is 9.97 Å². The number of anilines is 1. The van der Waals surface area contributed by atoms with Crippen molar-refractivity contribution in [3.63, 3.8) is 0 Å². The van der Waals surface area contributed by atoms with Crippen LogP contribution in [0.2, 0.25) is 0 Å². The normalized spacial score (nSPS) is 10.5. The molecule has 0 radical (unpaired) electrons. The summed E-state index contributed by atoms with van der Waals surface area (Å²) >= 11 is 1.73. The second-order valence-corrected chi connectivity index (χ2v) is 5.01. The standard InChI is InChI=1S/C14H18N4S/c1-10-17-13(9-14(18-10)16-8-7-15)11-3-5-12(19-2)6-4-11/h3-6,9H,7-8,15H2,1-2H3,(H,16,17,18). The highest BCUT2D eigenvalue weighted by Gasteiger charge is 2.04. The van der Waals surface area contributed by atoms with Gasteiger partial charge in [-0.15, -0.1) is 11.8 Å². The highest BCUT2D eigenvalue weighted by atomic mass is 32.2. The van der Waals surface area contributed by atoms with E-state index >= 15 is 0 Å². The fourth-order valence-electron chi connectivity index (χ4n) is 1.77. The fourth-order valence-corrected chi connectivity index (χ4v) is 2.18. The lowest BCUT2D eigenvalue weighted by Gasteiger charge is -2.08. The van der Waals surface area contributed by atoms with Crippen molar-refractivity contribution >= 4 is 17.6 Å². The quantitative estimate of drug-likeness (QED) is 0.820. The summed E-state index contributed by atoms with van der Waals surface area (Å²) in [5, 5.41) is 3.19. The van der Waals surface area contributed by atoms with Crippen molar-refractivity contribution < 1.29 is 0 Å². The van der Waals surface area contributed by atoms with Gasteiger partial charge in [0.15, 0.2) is 0 Å². The van der Waals surface area contributed by atoms with E-state index in [4.69, 9.17) is 5.73 Å². The molecule has 0 fully saturated rings. The molecule has 0 bridgehead atoms. The third-order valence-electron chi connectivity index (χ3n) is 2.67. The summed E-state index contributed by atoms with van der Waals surface area (Å²) in [6.07, 6.45) is 2.07. The van der Waals surface area contributed by atoms with Gasteiger partial charge in [0.1, 0.15) is 11.6 Å². The van der Waals surface area contributed by atoms with E-state index in [9.17, 15) is 0 Å². The molecule has 5 heteroatoms. The zero-order valence-electron chi connectivity index (χ0n) is 11.2. The van der Waals surface area contributed by atoms with Gasteiger partial charge in [0, 0.05) is 29.6 Å². The average Bonchev–Trinajstić information content (AvgIpc) is 2.44. The molecule has 19 heavy (non-hydrogen) atoms. The average molecular weight is 274 g/mol. The van der Waals surface area contributed by atoms with Gasteiger partial charge in [-0.05, 0) is 25.3 Å². The minimum Gasteiger partial charge on any atom is -0.369 e. The lowest BCUT2D eigenvalue weighted by Crippen LogP contribution is -2.14. The minimum atomic E-state index is 0.584. The van der Waals surface area contributed by atoms with Gasteiger partial charge in [0.2, 0.25) is 0 Å². The number of nitrogens with two attached hydrogens (primary N) is 1. The number of aromatic nitrogens is 2. The first kappa shape index (κ1) is 13.8. The first-order valence-corrected chi connectivity index (χ1v) is 7.39. The van der Waals surface area contributed by atoms with Crippen molar-refractivity contribution in [3.05, 3.63) is 36.2 Å². The first-order valence-electron chi connectivity index (χ1n) is 6.17. The molecule has 0 atom stereocenters. The lowest BCUT2D eigenvalue weighted by molar-refractivity contribution is 0.987. The predicted octanol–water partition coefficient (Wildman–Crippen LogP) is 2.54. The van der Waals surface area contributed by atoms with Crippen LogP contribution in [0.3, 0.4) is 0 Å². The molecule has 1 heterocycles. The lowest BCUT2D eigenvalue weighted by atomic mass is 10.1. The van der Waals surface area contributed by atoms with Gasteiger partial charge < -0.3 is 11.1 Å². The third-order valence-corrected chi connectivity index (χ3v) is 3.42.